The summed E-state index contributed by atoms with van der Waals surface area (Å²) >= 11 is 1.39. The molecule has 0 spiro atoms. The van der Waals surface area contributed by atoms with Gasteiger partial charge in [0.25, 0.3) is 0 Å². The number of fused-ring (bicyclic) bond motifs is 2. The number of aromatic nitrogens is 2. The van der Waals surface area contributed by atoms with E-state index in [0.29, 0.717) is 18.7 Å². The molecule has 1 N–H and O–H groups in total. The van der Waals surface area contributed by atoms with E-state index in [1.165, 1.54) is 23.9 Å². The Morgan fingerprint density at radius 2 is 2.17 bits per heavy atom. The monoisotopic (exact) mass is 327 g/mol. The van der Waals surface area contributed by atoms with E-state index in [9.17, 15) is 9.18 Å². The van der Waals surface area contributed by atoms with Crippen molar-refractivity contribution >= 4 is 34.4 Å². The van der Waals surface area contributed by atoms with Crippen LogP contribution in [0.4, 0.5) is 10.1 Å². The molecule has 4 rings (SSSR count). The lowest BCUT2D eigenvalue weighted by Gasteiger charge is -2.16. The quantitative estimate of drug-likeness (QED) is 0.750. The highest BCUT2D eigenvalue weighted by molar-refractivity contribution is 7.99. The van der Waals surface area contributed by atoms with E-state index in [-0.39, 0.29) is 11.7 Å². The van der Waals surface area contributed by atoms with Crippen molar-refractivity contribution < 1.29 is 9.18 Å². The second-order valence-electron chi connectivity index (χ2n) is 5.42. The van der Waals surface area contributed by atoms with Gasteiger partial charge in [0.2, 0.25) is 5.91 Å². The van der Waals surface area contributed by atoms with E-state index in [2.05, 4.69) is 9.97 Å². The fraction of sp³-hybridized carbons (Fsp3) is 0.176. The number of para-hydroxylation sites is 2. The Hall–Kier alpha value is -2.34. The summed E-state index contributed by atoms with van der Waals surface area (Å²) in [6.07, 6.45) is 0.703. The zero-order valence-corrected chi connectivity index (χ0v) is 13.1. The summed E-state index contributed by atoms with van der Waals surface area (Å²) in [5.41, 5.74) is 3.57. The van der Waals surface area contributed by atoms with Crippen LogP contribution in [0.3, 0.4) is 0 Å². The van der Waals surface area contributed by atoms with Gasteiger partial charge in [0.15, 0.2) is 5.16 Å². The Bertz CT molecular complexity index is 859. The second kappa shape index (κ2) is 5.70. The number of hydrogen-bond acceptors (Lipinski definition) is 3. The Kier molecular flexibility index (Phi) is 3.53. The molecule has 23 heavy (non-hydrogen) atoms. The first kappa shape index (κ1) is 14.3. The third-order valence-electron chi connectivity index (χ3n) is 3.94. The molecule has 0 fully saturated rings. The molecule has 6 heteroatoms. The molecule has 0 saturated heterocycles. The topological polar surface area (TPSA) is 49.0 Å². The van der Waals surface area contributed by atoms with Crippen molar-refractivity contribution in [3.8, 4) is 0 Å². The van der Waals surface area contributed by atoms with E-state index in [4.69, 9.17) is 0 Å². The van der Waals surface area contributed by atoms with Crippen LogP contribution in [0.2, 0.25) is 0 Å². The number of thioether (sulfide) groups is 1. The molecule has 4 nitrogen and oxygen atoms in total. The number of H-pyrrole nitrogens is 1. The first-order chi connectivity index (χ1) is 11.2. The first-order valence-corrected chi connectivity index (χ1v) is 8.35. The van der Waals surface area contributed by atoms with Crippen molar-refractivity contribution in [1.29, 1.82) is 0 Å². The molecule has 2 heterocycles. The lowest BCUT2D eigenvalue weighted by atomic mass is 10.2. The SMILES string of the molecule is O=C(CSc1nc2ccccc2[nH]1)N1CCc2cc(F)ccc21. The van der Waals surface area contributed by atoms with Gasteiger partial charge in [0.1, 0.15) is 5.82 Å². The van der Waals surface area contributed by atoms with E-state index in [0.717, 1.165) is 27.4 Å². The van der Waals surface area contributed by atoms with Crippen molar-refractivity contribution in [2.45, 2.75) is 11.6 Å². The van der Waals surface area contributed by atoms with Gasteiger partial charge in [-0.15, -0.1) is 0 Å². The van der Waals surface area contributed by atoms with Gasteiger partial charge in [0, 0.05) is 12.2 Å². The average molecular weight is 327 g/mol. The lowest BCUT2D eigenvalue weighted by Crippen LogP contribution is -2.30. The summed E-state index contributed by atoms with van der Waals surface area (Å²) in [5, 5.41) is 0.734. The molecule has 0 aliphatic carbocycles. The molecule has 0 bridgehead atoms. The number of nitrogens with one attached hydrogen (secondary N) is 1. The van der Waals surface area contributed by atoms with Crippen LogP contribution in [0.1, 0.15) is 5.56 Å². The molecule has 3 aromatic rings. The number of amides is 1. The van der Waals surface area contributed by atoms with E-state index in [1.54, 1.807) is 11.0 Å². The Morgan fingerprint density at radius 3 is 3.04 bits per heavy atom. The minimum Gasteiger partial charge on any atom is -0.333 e. The smallest absolute Gasteiger partial charge is 0.237 e. The number of rotatable bonds is 3. The van der Waals surface area contributed by atoms with Gasteiger partial charge in [-0.3, -0.25) is 4.79 Å². The van der Waals surface area contributed by atoms with Crippen molar-refractivity contribution in [1.82, 2.24) is 9.97 Å². The minimum atomic E-state index is -0.255. The van der Waals surface area contributed by atoms with Crippen molar-refractivity contribution in [2.24, 2.45) is 0 Å². The maximum absolute atomic E-state index is 13.2. The fourth-order valence-corrected chi connectivity index (χ4v) is 3.60. The minimum absolute atomic E-state index is 0.0146. The number of carbonyl (C=O) groups is 1. The Balaban J connectivity index is 1.47. The standard InChI is InChI=1S/C17H14FN3OS/c18-12-5-6-15-11(9-12)7-8-21(15)16(22)10-23-17-19-13-3-1-2-4-14(13)20-17/h1-6,9H,7-8,10H2,(H,19,20). The van der Waals surface area contributed by atoms with Gasteiger partial charge in [-0.25, -0.2) is 9.37 Å². The Morgan fingerprint density at radius 1 is 1.30 bits per heavy atom. The zero-order valence-electron chi connectivity index (χ0n) is 12.3. The van der Waals surface area contributed by atoms with Gasteiger partial charge in [0.05, 0.1) is 16.8 Å². The third-order valence-corrected chi connectivity index (χ3v) is 4.80. The summed E-state index contributed by atoms with van der Waals surface area (Å²) in [6, 6.07) is 12.4. The highest BCUT2D eigenvalue weighted by Gasteiger charge is 2.25. The number of nitrogens with zero attached hydrogens (tertiary/aromatic N) is 2. The van der Waals surface area contributed by atoms with Gasteiger partial charge >= 0.3 is 0 Å². The summed E-state index contributed by atoms with van der Waals surface area (Å²) in [4.78, 5) is 21.8. The van der Waals surface area contributed by atoms with Crippen LogP contribution in [-0.4, -0.2) is 28.2 Å². The van der Waals surface area contributed by atoms with Crippen LogP contribution >= 0.6 is 11.8 Å². The molecule has 116 valence electrons. The number of halogens is 1. The molecule has 0 unspecified atom stereocenters. The van der Waals surface area contributed by atoms with Crippen LogP contribution < -0.4 is 4.90 Å². The predicted molar refractivity (Wildman–Crippen MR) is 89.3 cm³/mol. The molecule has 0 saturated carbocycles. The molecule has 1 aliphatic heterocycles. The number of hydrogen-bond donors (Lipinski definition) is 1. The highest BCUT2D eigenvalue weighted by Crippen LogP contribution is 2.29. The van der Waals surface area contributed by atoms with Crippen LogP contribution in [-0.2, 0) is 11.2 Å². The molecule has 0 radical (unpaired) electrons. The van der Waals surface area contributed by atoms with Crippen LogP contribution in [0.25, 0.3) is 11.0 Å². The fourth-order valence-electron chi connectivity index (χ4n) is 2.84. The van der Waals surface area contributed by atoms with Gasteiger partial charge in [-0.1, -0.05) is 23.9 Å². The second-order valence-corrected chi connectivity index (χ2v) is 6.38. The van der Waals surface area contributed by atoms with Gasteiger partial charge in [-0.2, -0.15) is 0 Å². The van der Waals surface area contributed by atoms with Gasteiger partial charge in [-0.05, 0) is 42.3 Å². The van der Waals surface area contributed by atoms with Gasteiger partial charge < -0.3 is 9.88 Å². The van der Waals surface area contributed by atoms with E-state index < -0.39 is 0 Å². The average Bonchev–Trinajstić information content (AvgIpc) is 3.15. The van der Waals surface area contributed by atoms with Crippen LogP contribution in [0.5, 0.6) is 0 Å². The normalized spacial score (nSPS) is 13.5. The summed E-state index contributed by atoms with van der Waals surface area (Å²) in [5.74, 6) is 0.0620. The van der Waals surface area contributed by atoms with E-state index in [1.807, 2.05) is 24.3 Å². The maximum atomic E-state index is 13.2. The van der Waals surface area contributed by atoms with Crippen LogP contribution in [0.15, 0.2) is 47.6 Å². The third kappa shape index (κ3) is 2.70. The molecule has 1 aromatic heterocycles. The van der Waals surface area contributed by atoms with Crippen molar-refractivity contribution in [2.75, 3.05) is 17.2 Å². The number of benzene rings is 2. The Labute approximate surface area is 136 Å². The number of anilines is 1. The molecule has 2 aromatic carbocycles. The number of imidazole rings is 1. The number of carbonyl (C=O) groups excluding carboxylic acids is 1. The summed E-state index contributed by atoms with van der Waals surface area (Å²) in [6.45, 7) is 0.609. The predicted octanol–water partition coefficient (Wildman–Crippen LogP) is 3.38. The largest absolute Gasteiger partial charge is 0.333 e. The molecular weight excluding hydrogens is 313 g/mol. The van der Waals surface area contributed by atoms with Crippen molar-refractivity contribution in [3.63, 3.8) is 0 Å². The molecular formula is C17H14FN3OS. The maximum Gasteiger partial charge on any atom is 0.237 e. The number of aromatic amines is 1. The molecule has 1 amide bonds. The molecule has 1 aliphatic rings. The highest BCUT2D eigenvalue weighted by atomic mass is 32.2. The lowest BCUT2D eigenvalue weighted by molar-refractivity contribution is -0.116. The van der Waals surface area contributed by atoms with Crippen LogP contribution in [0, 0.1) is 5.82 Å². The van der Waals surface area contributed by atoms with E-state index >= 15 is 0 Å². The van der Waals surface area contributed by atoms with Crippen molar-refractivity contribution in [3.05, 3.63) is 53.8 Å². The molecule has 0 atom stereocenters. The summed E-state index contributed by atoms with van der Waals surface area (Å²) in [7, 11) is 0. The summed E-state index contributed by atoms with van der Waals surface area (Å²) < 4.78 is 13.2. The zero-order chi connectivity index (χ0) is 15.8. The first-order valence-electron chi connectivity index (χ1n) is 7.37.